The van der Waals surface area contributed by atoms with E-state index in [4.69, 9.17) is 18.9 Å². The van der Waals surface area contributed by atoms with Crippen molar-refractivity contribution in [3.63, 3.8) is 0 Å². The minimum absolute atomic E-state index is 0.0690. The first-order valence-electron chi connectivity index (χ1n) is 11.2. The third kappa shape index (κ3) is 4.37. The summed E-state index contributed by atoms with van der Waals surface area (Å²) in [7, 11) is 0. The second-order valence-corrected chi connectivity index (χ2v) is 8.54. The minimum atomic E-state index is -0.444. The molecule has 158 valence electrons. The maximum absolute atomic E-state index is 6.60. The van der Waals surface area contributed by atoms with Gasteiger partial charge in [0.1, 0.15) is 24.4 Å². The second kappa shape index (κ2) is 9.03. The lowest BCUT2D eigenvalue weighted by Crippen LogP contribution is -2.48. The zero-order valence-electron chi connectivity index (χ0n) is 17.3. The summed E-state index contributed by atoms with van der Waals surface area (Å²) in [5.41, 5.74) is 2.30. The topological polar surface area (TPSA) is 36.9 Å². The van der Waals surface area contributed by atoms with E-state index in [2.05, 4.69) is 36.4 Å². The monoisotopic (exact) mass is 406 g/mol. The van der Waals surface area contributed by atoms with Gasteiger partial charge in [-0.1, -0.05) is 79.2 Å². The molecular formula is C26H30O4. The van der Waals surface area contributed by atoms with Crippen molar-refractivity contribution in [2.45, 2.75) is 75.5 Å². The van der Waals surface area contributed by atoms with Crippen LogP contribution in [0, 0.1) is 0 Å². The van der Waals surface area contributed by atoms with E-state index in [-0.39, 0.29) is 24.4 Å². The van der Waals surface area contributed by atoms with Crippen LogP contribution < -0.4 is 0 Å². The molecule has 2 aliphatic carbocycles. The van der Waals surface area contributed by atoms with Gasteiger partial charge in [-0.05, 0) is 24.0 Å². The van der Waals surface area contributed by atoms with Gasteiger partial charge in [0.25, 0.3) is 0 Å². The average molecular weight is 407 g/mol. The Kier molecular flexibility index (Phi) is 6.00. The van der Waals surface area contributed by atoms with Crippen LogP contribution in [0.5, 0.6) is 0 Å². The molecule has 0 amide bonds. The summed E-state index contributed by atoms with van der Waals surface area (Å²) in [6.07, 6.45) is 9.15. The van der Waals surface area contributed by atoms with E-state index < -0.39 is 5.79 Å². The molecule has 5 rings (SSSR count). The molecular weight excluding hydrogens is 376 g/mol. The van der Waals surface area contributed by atoms with Gasteiger partial charge in [0.05, 0.1) is 13.2 Å². The zero-order valence-corrected chi connectivity index (χ0v) is 17.3. The summed E-state index contributed by atoms with van der Waals surface area (Å²) in [6.45, 7) is 1.08. The number of benzene rings is 2. The van der Waals surface area contributed by atoms with Crippen molar-refractivity contribution in [2.24, 2.45) is 0 Å². The summed E-state index contributed by atoms with van der Waals surface area (Å²) in [5, 5.41) is 0. The first-order chi connectivity index (χ1) is 14.8. The van der Waals surface area contributed by atoms with Crippen molar-refractivity contribution in [3.8, 4) is 0 Å². The fraction of sp³-hybridized carbons (Fsp3) is 0.462. The van der Waals surface area contributed by atoms with Gasteiger partial charge in [0.15, 0.2) is 5.79 Å². The lowest BCUT2D eigenvalue weighted by Gasteiger charge is -2.35. The van der Waals surface area contributed by atoms with Crippen molar-refractivity contribution in [2.75, 3.05) is 0 Å². The molecule has 2 fully saturated rings. The highest BCUT2D eigenvalue weighted by Crippen LogP contribution is 2.44. The van der Waals surface area contributed by atoms with Crippen LogP contribution in [0.15, 0.2) is 72.8 Å². The smallest absolute Gasteiger partial charge is 0.169 e. The zero-order chi connectivity index (χ0) is 20.2. The molecule has 0 bridgehead atoms. The molecule has 3 aliphatic rings. The molecule has 1 saturated heterocycles. The van der Waals surface area contributed by atoms with Gasteiger partial charge in [-0.15, -0.1) is 0 Å². The quantitative estimate of drug-likeness (QED) is 0.620. The van der Waals surface area contributed by atoms with Crippen molar-refractivity contribution >= 4 is 0 Å². The van der Waals surface area contributed by atoms with Crippen molar-refractivity contribution < 1.29 is 18.9 Å². The molecule has 30 heavy (non-hydrogen) atoms. The van der Waals surface area contributed by atoms with E-state index in [1.165, 1.54) is 6.42 Å². The molecule has 2 aromatic rings. The Balaban J connectivity index is 1.32. The normalized spacial score (nSPS) is 29.7. The third-order valence-electron chi connectivity index (χ3n) is 6.35. The molecule has 1 saturated carbocycles. The molecule has 4 nitrogen and oxygen atoms in total. The molecule has 1 heterocycles. The Morgan fingerprint density at radius 1 is 0.733 bits per heavy atom. The summed E-state index contributed by atoms with van der Waals surface area (Å²) in [5.74, 6) is -0.444. The third-order valence-corrected chi connectivity index (χ3v) is 6.35. The van der Waals surface area contributed by atoms with Gasteiger partial charge in [0.2, 0.25) is 0 Å². The number of fused-ring (bicyclic) bond motifs is 1. The van der Waals surface area contributed by atoms with Crippen LogP contribution in [-0.2, 0) is 32.2 Å². The van der Waals surface area contributed by atoms with Gasteiger partial charge in [-0.2, -0.15) is 0 Å². The number of ether oxygens (including phenoxy) is 4. The molecule has 4 atom stereocenters. The first-order valence-corrected chi connectivity index (χ1v) is 11.2. The van der Waals surface area contributed by atoms with Gasteiger partial charge in [-0.25, -0.2) is 0 Å². The summed E-state index contributed by atoms with van der Waals surface area (Å²) in [4.78, 5) is 0. The van der Waals surface area contributed by atoms with Crippen LogP contribution in [0.4, 0.5) is 0 Å². The Hall–Kier alpha value is -1.98. The predicted molar refractivity (Wildman–Crippen MR) is 115 cm³/mol. The highest BCUT2D eigenvalue weighted by Gasteiger charge is 2.53. The van der Waals surface area contributed by atoms with Crippen LogP contribution in [0.1, 0.15) is 43.2 Å². The van der Waals surface area contributed by atoms with Crippen LogP contribution in [0.3, 0.4) is 0 Å². The summed E-state index contributed by atoms with van der Waals surface area (Å²) in [6, 6.07) is 20.5. The first kappa shape index (κ1) is 20.0. The SMILES string of the molecule is C1=C[C@@H](OCc2ccccc2)[C@H](OCc2ccccc2)[C@H]2OC3(CCCCC3)O[C@@H]12. The van der Waals surface area contributed by atoms with Gasteiger partial charge >= 0.3 is 0 Å². The largest absolute Gasteiger partial charge is 0.368 e. The van der Waals surface area contributed by atoms with Gasteiger partial charge in [-0.3, -0.25) is 0 Å². The predicted octanol–water partition coefficient (Wildman–Crippen LogP) is 5.17. The molecule has 1 aliphatic heterocycles. The summed E-state index contributed by atoms with van der Waals surface area (Å²) >= 11 is 0. The van der Waals surface area contributed by atoms with Crippen molar-refractivity contribution in [3.05, 3.63) is 83.9 Å². The van der Waals surface area contributed by atoms with Crippen LogP contribution >= 0.6 is 0 Å². The van der Waals surface area contributed by atoms with Crippen molar-refractivity contribution in [1.29, 1.82) is 0 Å². The number of rotatable bonds is 6. The Labute approximate surface area is 178 Å². The lowest BCUT2D eigenvalue weighted by atomic mass is 9.94. The molecule has 0 radical (unpaired) electrons. The van der Waals surface area contributed by atoms with Crippen LogP contribution in [-0.4, -0.2) is 30.2 Å². The Morgan fingerprint density at radius 3 is 2.03 bits per heavy atom. The van der Waals surface area contributed by atoms with Crippen LogP contribution in [0.2, 0.25) is 0 Å². The molecule has 4 heteroatoms. The van der Waals surface area contributed by atoms with E-state index in [0.717, 1.165) is 36.8 Å². The maximum Gasteiger partial charge on any atom is 0.169 e. The average Bonchev–Trinajstić information content (AvgIpc) is 3.15. The lowest BCUT2D eigenvalue weighted by molar-refractivity contribution is -0.207. The highest BCUT2D eigenvalue weighted by atomic mass is 16.8. The Morgan fingerprint density at radius 2 is 1.37 bits per heavy atom. The van der Waals surface area contributed by atoms with E-state index in [1.54, 1.807) is 0 Å². The second-order valence-electron chi connectivity index (χ2n) is 8.54. The van der Waals surface area contributed by atoms with Gasteiger partial charge in [0, 0.05) is 12.8 Å². The number of hydrogen-bond acceptors (Lipinski definition) is 4. The highest BCUT2D eigenvalue weighted by molar-refractivity contribution is 5.17. The van der Waals surface area contributed by atoms with E-state index in [1.807, 2.05) is 36.4 Å². The Bertz CT molecular complexity index is 829. The van der Waals surface area contributed by atoms with Gasteiger partial charge < -0.3 is 18.9 Å². The number of hydrogen-bond donors (Lipinski definition) is 0. The fourth-order valence-corrected chi connectivity index (χ4v) is 4.78. The molecule has 0 N–H and O–H groups in total. The molecule has 0 aromatic heterocycles. The van der Waals surface area contributed by atoms with E-state index in [0.29, 0.717) is 13.2 Å². The molecule has 0 unspecified atom stereocenters. The van der Waals surface area contributed by atoms with Crippen LogP contribution in [0.25, 0.3) is 0 Å². The minimum Gasteiger partial charge on any atom is -0.368 e. The molecule has 1 spiro atoms. The van der Waals surface area contributed by atoms with Crippen molar-refractivity contribution in [1.82, 2.24) is 0 Å². The maximum atomic E-state index is 6.60. The standard InChI is InChI=1S/C26H30O4/c1-4-10-20(11-5-1)18-27-22-14-15-23-25(30-26(29-23)16-8-3-9-17-26)24(22)28-19-21-12-6-2-7-13-21/h1-2,4-7,10-15,22-25H,3,8-9,16-19H2/t22-,23+,24+,25+/m1/s1. The fourth-order valence-electron chi connectivity index (χ4n) is 4.78. The molecule has 2 aromatic carbocycles. The van der Waals surface area contributed by atoms with E-state index in [9.17, 15) is 0 Å². The summed E-state index contributed by atoms with van der Waals surface area (Å²) < 4.78 is 25.8. The van der Waals surface area contributed by atoms with E-state index >= 15 is 0 Å².